The number of carbonyl (C=O) groups is 2. The minimum atomic E-state index is -0.311. The molecule has 5 nitrogen and oxygen atoms in total. The second kappa shape index (κ2) is 6.84. The molecule has 0 saturated heterocycles. The Balaban J connectivity index is 1.76. The lowest BCUT2D eigenvalue weighted by molar-refractivity contribution is -0.105. The van der Waals surface area contributed by atoms with Crippen LogP contribution in [0.15, 0.2) is 67.0 Å². The zero-order valence-corrected chi connectivity index (χ0v) is 14.1. The molecule has 0 saturated carbocycles. The number of benzene rings is 2. The highest BCUT2D eigenvalue weighted by Gasteiger charge is 2.16. The minimum Gasteiger partial charge on any atom is -0.345 e. The second-order valence-corrected chi connectivity index (χ2v) is 6.00. The third kappa shape index (κ3) is 3.20. The smallest absolute Gasteiger partial charge is 0.211 e. The van der Waals surface area contributed by atoms with Crippen LogP contribution < -0.4 is 5.32 Å². The van der Waals surface area contributed by atoms with Gasteiger partial charge in [0.25, 0.3) is 0 Å². The summed E-state index contributed by atoms with van der Waals surface area (Å²) in [6.07, 6.45) is 3.86. The van der Waals surface area contributed by atoms with Crippen molar-refractivity contribution in [3.63, 3.8) is 0 Å². The third-order valence-corrected chi connectivity index (χ3v) is 4.30. The van der Waals surface area contributed by atoms with Crippen LogP contribution in [0.3, 0.4) is 0 Å². The van der Waals surface area contributed by atoms with E-state index in [9.17, 15) is 14.0 Å². The lowest BCUT2D eigenvalue weighted by atomic mass is 10.0. The standard InChI is InChI=1S/C21H14FN3O2/c22-16-6-4-13(5-7-16)15-9-18-19(11-24-21(18)23-10-15)20(27)14-2-1-3-17(8-14)25-12-26/h1-12H,(H,23,24)(H,25,26). The summed E-state index contributed by atoms with van der Waals surface area (Å²) < 4.78 is 13.2. The maximum Gasteiger partial charge on any atom is 0.211 e. The van der Waals surface area contributed by atoms with Crippen molar-refractivity contribution in [2.45, 2.75) is 0 Å². The fraction of sp³-hybridized carbons (Fsp3) is 0. The number of nitrogens with zero attached hydrogens (tertiary/aromatic N) is 1. The Morgan fingerprint density at radius 3 is 2.67 bits per heavy atom. The van der Waals surface area contributed by atoms with Crippen molar-refractivity contribution in [2.75, 3.05) is 5.32 Å². The molecule has 2 aromatic carbocycles. The van der Waals surface area contributed by atoms with Crippen molar-refractivity contribution in [3.8, 4) is 11.1 Å². The monoisotopic (exact) mass is 359 g/mol. The Morgan fingerprint density at radius 2 is 1.89 bits per heavy atom. The predicted molar refractivity (Wildman–Crippen MR) is 101 cm³/mol. The highest BCUT2D eigenvalue weighted by Crippen LogP contribution is 2.26. The molecule has 2 N–H and O–H groups in total. The first-order valence-electron chi connectivity index (χ1n) is 8.24. The van der Waals surface area contributed by atoms with Gasteiger partial charge in [-0.05, 0) is 35.9 Å². The minimum absolute atomic E-state index is 0.186. The molecule has 1 amide bonds. The van der Waals surface area contributed by atoms with Gasteiger partial charge in [0.15, 0.2) is 5.78 Å². The summed E-state index contributed by atoms with van der Waals surface area (Å²) in [5.41, 5.74) is 3.65. The fourth-order valence-electron chi connectivity index (χ4n) is 2.97. The van der Waals surface area contributed by atoms with E-state index >= 15 is 0 Å². The maximum atomic E-state index is 13.2. The summed E-state index contributed by atoms with van der Waals surface area (Å²) in [5.74, 6) is -0.497. The largest absolute Gasteiger partial charge is 0.345 e. The van der Waals surface area contributed by atoms with Gasteiger partial charge in [-0.1, -0.05) is 24.3 Å². The molecule has 0 unspecified atom stereocenters. The van der Waals surface area contributed by atoms with Gasteiger partial charge < -0.3 is 10.3 Å². The average molecular weight is 359 g/mol. The van der Waals surface area contributed by atoms with E-state index < -0.39 is 0 Å². The first-order valence-corrected chi connectivity index (χ1v) is 8.24. The number of hydrogen-bond donors (Lipinski definition) is 2. The van der Waals surface area contributed by atoms with Crippen molar-refractivity contribution in [3.05, 3.63) is 83.9 Å². The van der Waals surface area contributed by atoms with E-state index in [2.05, 4.69) is 15.3 Å². The highest BCUT2D eigenvalue weighted by molar-refractivity contribution is 6.16. The van der Waals surface area contributed by atoms with Crippen LogP contribution in [-0.4, -0.2) is 22.2 Å². The zero-order chi connectivity index (χ0) is 18.8. The molecule has 2 aromatic heterocycles. The molecule has 0 bridgehead atoms. The molecule has 0 aliphatic heterocycles. The van der Waals surface area contributed by atoms with Gasteiger partial charge in [-0.25, -0.2) is 9.37 Å². The summed E-state index contributed by atoms with van der Waals surface area (Å²) in [5, 5.41) is 3.21. The van der Waals surface area contributed by atoms with Crippen LogP contribution in [0.25, 0.3) is 22.2 Å². The molecule has 0 atom stereocenters. The molecule has 0 aliphatic rings. The Morgan fingerprint density at radius 1 is 1.07 bits per heavy atom. The Bertz CT molecular complexity index is 1150. The van der Waals surface area contributed by atoms with Gasteiger partial charge in [0.1, 0.15) is 11.5 Å². The van der Waals surface area contributed by atoms with E-state index in [1.54, 1.807) is 48.8 Å². The number of ketones is 1. The number of hydrogen-bond acceptors (Lipinski definition) is 3. The summed E-state index contributed by atoms with van der Waals surface area (Å²) in [6, 6.07) is 14.7. The number of halogens is 1. The van der Waals surface area contributed by atoms with Crippen LogP contribution in [0.2, 0.25) is 0 Å². The van der Waals surface area contributed by atoms with Crippen molar-refractivity contribution < 1.29 is 14.0 Å². The molecule has 0 aliphatic carbocycles. The number of carbonyl (C=O) groups excluding carboxylic acids is 2. The third-order valence-electron chi connectivity index (χ3n) is 4.30. The molecular weight excluding hydrogens is 345 g/mol. The van der Waals surface area contributed by atoms with Crippen molar-refractivity contribution in [1.29, 1.82) is 0 Å². The number of anilines is 1. The zero-order valence-electron chi connectivity index (χ0n) is 14.1. The Hall–Kier alpha value is -3.80. The summed E-state index contributed by atoms with van der Waals surface area (Å²) in [6.45, 7) is 0. The molecule has 6 heteroatoms. The normalized spacial score (nSPS) is 10.7. The number of aromatic nitrogens is 2. The number of H-pyrrole nitrogens is 1. The van der Waals surface area contributed by atoms with Crippen LogP contribution in [0, 0.1) is 5.82 Å². The predicted octanol–water partition coefficient (Wildman–Crippen LogP) is 4.17. The fourth-order valence-corrected chi connectivity index (χ4v) is 2.97. The SMILES string of the molecule is O=CNc1cccc(C(=O)c2c[nH]c3ncc(-c4ccc(F)cc4)cc23)c1. The summed E-state index contributed by atoms with van der Waals surface area (Å²) in [4.78, 5) is 30.9. The molecule has 0 fully saturated rings. The number of amides is 1. The molecule has 4 rings (SSSR count). The molecule has 132 valence electrons. The van der Waals surface area contributed by atoms with Crippen molar-refractivity contribution in [2.24, 2.45) is 0 Å². The van der Waals surface area contributed by atoms with E-state index in [4.69, 9.17) is 0 Å². The number of aromatic amines is 1. The molecule has 4 aromatic rings. The van der Waals surface area contributed by atoms with Gasteiger partial charge >= 0.3 is 0 Å². The number of pyridine rings is 1. The van der Waals surface area contributed by atoms with E-state index in [1.807, 2.05) is 6.07 Å². The average Bonchev–Trinajstić information content (AvgIpc) is 3.11. The lowest BCUT2D eigenvalue weighted by Crippen LogP contribution is -2.02. The maximum absolute atomic E-state index is 13.2. The van der Waals surface area contributed by atoms with Gasteiger partial charge in [0.2, 0.25) is 6.41 Å². The van der Waals surface area contributed by atoms with Gasteiger partial charge in [-0.2, -0.15) is 0 Å². The second-order valence-electron chi connectivity index (χ2n) is 6.00. The van der Waals surface area contributed by atoms with E-state index in [0.29, 0.717) is 34.3 Å². The van der Waals surface area contributed by atoms with Gasteiger partial charge in [-0.15, -0.1) is 0 Å². The van der Waals surface area contributed by atoms with E-state index in [0.717, 1.165) is 11.1 Å². The summed E-state index contributed by atoms with van der Waals surface area (Å²) >= 11 is 0. The molecular formula is C21H14FN3O2. The molecule has 0 radical (unpaired) electrons. The Labute approximate surface area is 153 Å². The quantitative estimate of drug-likeness (QED) is 0.415. The van der Waals surface area contributed by atoms with E-state index in [-0.39, 0.29) is 11.6 Å². The Kier molecular flexibility index (Phi) is 4.22. The number of fused-ring (bicyclic) bond motifs is 1. The summed E-state index contributed by atoms with van der Waals surface area (Å²) in [7, 11) is 0. The number of rotatable bonds is 5. The van der Waals surface area contributed by atoms with Crippen LogP contribution in [0.5, 0.6) is 0 Å². The first-order chi connectivity index (χ1) is 13.2. The number of nitrogens with one attached hydrogen (secondary N) is 2. The van der Waals surface area contributed by atoms with Gasteiger partial charge in [0, 0.05) is 40.2 Å². The van der Waals surface area contributed by atoms with Gasteiger partial charge in [0.05, 0.1) is 0 Å². The highest BCUT2D eigenvalue weighted by atomic mass is 19.1. The lowest BCUT2D eigenvalue weighted by Gasteiger charge is -2.05. The topological polar surface area (TPSA) is 74.8 Å². The first kappa shape index (κ1) is 16.7. The molecule has 0 spiro atoms. The molecule has 27 heavy (non-hydrogen) atoms. The van der Waals surface area contributed by atoms with Crippen molar-refractivity contribution in [1.82, 2.24) is 9.97 Å². The van der Waals surface area contributed by atoms with Crippen LogP contribution in [0.1, 0.15) is 15.9 Å². The van der Waals surface area contributed by atoms with Crippen LogP contribution in [0.4, 0.5) is 10.1 Å². The van der Waals surface area contributed by atoms with Crippen molar-refractivity contribution >= 4 is 28.9 Å². The molecule has 2 heterocycles. The van der Waals surface area contributed by atoms with Crippen LogP contribution in [-0.2, 0) is 4.79 Å². The van der Waals surface area contributed by atoms with E-state index in [1.165, 1.54) is 12.1 Å². The van der Waals surface area contributed by atoms with Crippen LogP contribution >= 0.6 is 0 Å². The van der Waals surface area contributed by atoms with Gasteiger partial charge in [-0.3, -0.25) is 9.59 Å².